The zero-order valence-electron chi connectivity index (χ0n) is 11.8. The number of nitrogens with zero attached hydrogens (tertiary/aromatic N) is 3. The fraction of sp³-hybridized carbons (Fsp3) is 0.333. The first-order valence-corrected chi connectivity index (χ1v) is 6.78. The largest absolute Gasteiger partial charge is 0.381 e. The molecule has 2 heterocycles. The van der Waals surface area contributed by atoms with Crippen molar-refractivity contribution in [3.8, 4) is 0 Å². The number of rotatable bonds is 6. The maximum Gasteiger partial charge on any atom is 0.214 e. The fourth-order valence-corrected chi connectivity index (χ4v) is 1.97. The summed E-state index contributed by atoms with van der Waals surface area (Å²) in [7, 11) is 0. The molecule has 0 atom stereocenters. The smallest absolute Gasteiger partial charge is 0.214 e. The standard InChI is InChI=1S/C15H19FN4/c1-3-20(4-2)15-6-5-12(11-19-15)10-18-13-7-8-17-14(16)9-13/h5-9,11H,3-4,10H2,1-2H3,(H,17,18). The van der Waals surface area contributed by atoms with Crippen LogP contribution in [0.5, 0.6) is 0 Å². The Morgan fingerprint density at radius 1 is 1.15 bits per heavy atom. The summed E-state index contributed by atoms with van der Waals surface area (Å²) in [5.41, 5.74) is 1.77. The van der Waals surface area contributed by atoms with Gasteiger partial charge in [0.25, 0.3) is 0 Å². The Balaban J connectivity index is 1.97. The summed E-state index contributed by atoms with van der Waals surface area (Å²) >= 11 is 0. The average molecular weight is 274 g/mol. The Labute approximate surface area is 118 Å². The molecule has 0 saturated carbocycles. The second kappa shape index (κ2) is 6.84. The van der Waals surface area contributed by atoms with Gasteiger partial charge in [0.2, 0.25) is 5.95 Å². The van der Waals surface area contributed by atoms with Crippen molar-refractivity contribution in [2.45, 2.75) is 20.4 Å². The van der Waals surface area contributed by atoms with Gasteiger partial charge in [-0.25, -0.2) is 9.97 Å². The molecule has 4 nitrogen and oxygen atoms in total. The van der Waals surface area contributed by atoms with E-state index in [9.17, 15) is 4.39 Å². The van der Waals surface area contributed by atoms with Gasteiger partial charge in [0.15, 0.2) is 0 Å². The van der Waals surface area contributed by atoms with Crippen molar-refractivity contribution in [1.29, 1.82) is 0 Å². The minimum atomic E-state index is -0.481. The van der Waals surface area contributed by atoms with E-state index in [1.54, 1.807) is 6.07 Å². The van der Waals surface area contributed by atoms with Crippen molar-refractivity contribution < 1.29 is 4.39 Å². The molecule has 20 heavy (non-hydrogen) atoms. The van der Waals surface area contributed by atoms with Crippen molar-refractivity contribution in [2.24, 2.45) is 0 Å². The van der Waals surface area contributed by atoms with Gasteiger partial charge in [-0.1, -0.05) is 6.07 Å². The van der Waals surface area contributed by atoms with Gasteiger partial charge in [0.05, 0.1) is 0 Å². The molecule has 2 aromatic heterocycles. The number of hydrogen-bond donors (Lipinski definition) is 1. The molecule has 0 aliphatic heterocycles. The van der Waals surface area contributed by atoms with Gasteiger partial charge >= 0.3 is 0 Å². The van der Waals surface area contributed by atoms with Crippen molar-refractivity contribution in [3.63, 3.8) is 0 Å². The van der Waals surface area contributed by atoms with E-state index in [4.69, 9.17) is 0 Å². The predicted molar refractivity (Wildman–Crippen MR) is 79.3 cm³/mol. The average Bonchev–Trinajstić information content (AvgIpc) is 2.48. The van der Waals surface area contributed by atoms with Crippen LogP contribution in [0.15, 0.2) is 36.7 Å². The molecular weight excluding hydrogens is 255 g/mol. The molecule has 0 spiro atoms. The van der Waals surface area contributed by atoms with Gasteiger partial charge < -0.3 is 10.2 Å². The SMILES string of the molecule is CCN(CC)c1ccc(CNc2ccnc(F)c2)cn1. The first kappa shape index (κ1) is 14.2. The molecule has 106 valence electrons. The van der Waals surface area contributed by atoms with E-state index in [0.717, 1.165) is 24.5 Å². The molecule has 0 bridgehead atoms. The molecule has 0 radical (unpaired) electrons. The summed E-state index contributed by atoms with van der Waals surface area (Å²) in [6.45, 7) is 6.71. The van der Waals surface area contributed by atoms with Crippen LogP contribution in [0.1, 0.15) is 19.4 Å². The lowest BCUT2D eigenvalue weighted by Crippen LogP contribution is -2.22. The van der Waals surface area contributed by atoms with E-state index < -0.39 is 5.95 Å². The minimum absolute atomic E-state index is 0.481. The molecule has 0 amide bonds. The number of halogens is 1. The van der Waals surface area contributed by atoms with Crippen LogP contribution in [0.4, 0.5) is 15.9 Å². The number of pyridine rings is 2. The molecule has 0 fully saturated rings. The molecule has 2 rings (SSSR count). The number of nitrogens with one attached hydrogen (secondary N) is 1. The Kier molecular flexibility index (Phi) is 4.87. The maximum atomic E-state index is 12.9. The minimum Gasteiger partial charge on any atom is -0.381 e. The fourth-order valence-electron chi connectivity index (χ4n) is 1.97. The van der Waals surface area contributed by atoms with Crippen LogP contribution in [0, 0.1) is 5.95 Å². The van der Waals surface area contributed by atoms with E-state index in [0.29, 0.717) is 12.2 Å². The summed E-state index contributed by atoms with van der Waals surface area (Å²) in [6, 6.07) is 7.15. The van der Waals surface area contributed by atoms with E-state index in [-0.39, 0.29) is 0 Å². The number of aromatic nitrogens is 2. The Bertz CT molecular complexity index is 538. The highest BCUT2D eigenvalue weighted by Gasteiger charge is 2.03. The number of hydrogen-bond acceptors (Lipinski definition) is 4. The monoisotopic (exact) mass is 274 g/mol. The maximum absolute atomic E-state index is 12.9. The molecule has 0 aromatic carbocycles. The summed E-state index contributed by atoms with van der Waals surface area (Å²) in [4.78, 5) is 10.2. The van der Waals surface area contributed by atoms with Crippen LogP contribution in [-0.4, -0.2) is 23.1 Å². The van der Waals surface area contributed by atoms with Gasteiger partial charge in [-0.15, -0.1) is 0 Å². The Morgan fingerprint density at radius 2 is 1.95 bits per heavy atom. The third-order valence-electron chi connectivity index (χ3n) is 3.12. The van der Waals surface area contributed by atoms with Gasteiger partial charge in [0.1, 0.15) is 5.82 Å². The van der Waals surface area contributed by atoms with E-state index in [1.807, 2.05) is 18.3 Å². The molecule has 2 aromatic rings. The summed E-state index contributed by atoms with van der Waals surface area (Å²) in [6.07, 6.45) is 3.29. The first-order chi connectivity index (χ1) is 9.72. The third-order valence-corrected chi connectivity index (χ3v) is 3.12. The van der Waals surface area contributed by atoms with Crippen molar-refractivity contribution >= 4 is 11.5 Å². The van der Waals surface area contributed by atoms with Crippen LogP contribution in [0.25, 0.3) is 0 Å². The van der Waals surface area contributed by atoms with E-state index in [1.165, 1.54) is 12.3 Å². The second-order valence-electron chi connectivity index (χ2n) is 4.42. The quantitative estimate of drug-likeness (QED) is 0.822. The second-order valence-corrected chi connectivity index (χ2v) is 4.42. The van der Waals surface area contributed by atoms with Gasteiger partial charge in [-0.3, -0.25) is 0 Å². The van der Waals surface area contributed by atoms with E-state index in [2.05, 4.69) is 34.0 Å². The summed E-state index contributed by atoms with van der Waals surface area (Å²) in [5.74, 6) is 0.499. The van der Waals surface area contributed by atoms with Crippen molar-refractivity contribution in [3.05, 3.63) is 48.2 Å². The first-order valence-electron chi connectivity index (χ1n) is 6.78. The molecule has 1 N–H and O–H groups in total. The third kappa shape index (κ3) is 3.66. The molecule has 0 saturated heterocycles. The van der Waals surface area contributed by atoms with Crippen LogP contribution in [0.3, 0.4) is 0 Å². The summed E-state index contributed by atoms with van der Waals surface area (Å²) < 4.78 is 12.9. The van der Waals surface area contributed by atoms with Crippen molar-refractivity contribution in [2.75, 3.05) is 23.3 Å². The van der Waals surface area contributed by atoms with Crippen LogP contribution < -0.4 is 10.2 Å². The summed E-state index contributed by atoms with van der Waals surface area (Å²) in [5, 5.41) is 3.14. The highest BCUT2D eigenvalue weighted by atomic mass is 19.1. The zero-order chi connectivity index (χ0) is 14.4. The van der Waals surface area contributed by atoms with Crippen LogP contribution in [0.2, 0.25) is 0 Å². The lowest BCUT2D eigenvalue weighted by molar-refractivity contribution is 0.584. The van der Waals surface area contributed by atoms with Gasteiger partial charge in [-0.2, -0.15) is 4.39 Å². The highest BCUT2D eigenvalue weighted by molar-refractivity contribution is 5.43. The number of anilines is 2. The van der Waals surface area contributed by atoms with Crippen LogP contribution in [-0.2, 0) is 6.54 Å². The lowest BCUT2D eigenvalue weighted by Gasteiger charge is -2.19. The molecule has 5 heteroatoms. The highest BCUT2D eigenvalue weighted by Crippen LogP contribution is 2.13. The normalized spacial score (nSPS) is 10.3. The van der Waals surface area contributed by atoms with Gasteiger partial charge in [0, 0.05) is 43.8 Å². The van der Waals surface area contributed by atoms with Gasteiger partial charge in [-0.05, 0) is 31.5 Å². The topological polar surface area (TPSA) is 41.0 Å². The molecule has 0 unspecified atom stereocenters. The van der Waals surface area contributed by atoms with E-state index >= 15 is 0 Å². The van der Waals surface area contributed by atoms with Crippen molar-refractivity contribution in [1.82, 2.24) is 9.97 Å². The van der Waals surface area contributed by atoms with Crippen LogP contribution >= 0.6 is 0 Å². The zero-order valence-corrected chi connectivity index (χ0v) is 11.8. The predicted octanol–water partition coefficient (Wildman–Crippen LogP) is 3.07. The lowest BCUT2D eigenvalue weighted by atomic mass is 10.2. The molecule has 0 aliphatic carbocycles. The Hall–Kier alpha value is -2.17. The Morgan fingerprint density at radius 3 is 2.55 bits per heavy atom. The molecular formula is C15H19FN4. The molecule has 0 aliphatic rings.